The van der Waals surface area contributed by atoms with E-state index in [1.54, 1.807) is 24.4 Å². The van der Waals surface area contributed by atoms with E-state index in [-0.39, 0.29) is 0 Å². The minimum absolute atomic E-state index is 1.48. The third-order valence-electron chi connectivity index (χ3n) is 0.525. The number of nitrogens with zero attached hydrogens (tertiary/aromatic N) is 1. The van der Waals surface area contributed by atoms with Crippen molar-refractivity contribution in [3.63, 3.8) is 0 Å². The predicted molar refractivity (Wildman–Crippen MR) is 38.0 cm³/mol. The molecule has 0 bridgehead atoms. The Kier molecular flexibility index (Phi) is 5.07. The maximum absolute atomic E-state index is 3.71. The van der Waals surface area contributed by atoms with Gasteiger partial charge in [0, 0.05) is 12.4 Å². The number of rotatable bonds is 3. The van der Waals surface area contributed by atoms with E-state index < -0.39 is 0 Å². The van der Waals surface area contributed by atoms with Gasteiger partial charge in [-0.05, 0) is 6.08 Å². The predicted octanol–water partition coefficient (Wildman–Crippen LogP) is 1.94. The highest BCUT2D eigenvalue weighted by Crippen LogP contribution is 1.69. The first-order valence-electron chi connectivity index (χ1n) is 2.33. The highest BCUT2D eigenvalue weighted by Gasteiger charge is 1.55. The molecule has 0 saturated heterocycles. The monoisotopic (exact) mass is 107 g/mol. The summed E-state index contributed by atoms with van der Waals surface area (Å²) in [6, 6.07) is 0. The summed E-state index contributed by atoms with van der Waals surface area (Å²) in [6.07, 6.45) is 8.40. The van der Waals surface area contributed by atoms with Crippen LogP contribution in [0.5, 0.6) is 0 Å². The molecule has 0 atom stereocenters. The smallest absolute Gasteiger partial charge is 0.0267 e. The molecular formula is C7H9N. The van der Waals surface area contributed by atoms with Gasteiger partial charge in [0.2, 0.25) is 0 Å². The fourth-order valence-corrected chi connectivity index (χ4v) is 0.239. The molecule has 0 aliphatic rings. The van der Waals surface area contributed by atoms with Crippen molar-refractivity contribution in [2.75, 3.05) is 0 Å². The highest BCUT2D eigenvalue weighted by molar-refractivity contribution is 5.71. The minimum Gasteiger partial charge on any atom is -0.265 e. The van der Waals surface area contributed by atoms with E-state index in [0.29, 0.717) is 0 Å². The minimum atomic E-state index is 1.48. The van der Waals surface area contributed by atoms with Crippen molar-refractivity contribution in [1.82, 2.24) is 0 Å². The van der Waals surface area contributed by atoms with Crippen molar-refractivity contribution in [2.45, 2.75) is 0 Å². The fourth-order valence-electron chi connectivity index (χ4n) is 0.239. The molecule has 0 aliphatic heterocycles. The van der Waals surface area contributed by atoms with Crippen LogP contribution in [0.4, 0.5) is 0 Å². The maximum atomic E-state index is 3.71. The van der Waals surface area contributed by atoms with Crippen LogP contribution in [0.1, 0.15) is 0 Å². The lowest BCUT2D eigenvalue weighted by Crippen LogP contribution is -1.57. The zero-order valence-corrected chi connectivity index (χ0v) is 4.75. The average molecular weight is 107 g/mol. The Morgan fingerprint density at radius 2 is 1.88 bits per heavy atom. The Labute approximate surface area is 49.8 Å². The Morgan fingerprint density at radius 3 is 2.38 bits per heavy atom. The first kappa shape index (κ1) is 6.89. The number of allylic oxidation sites excluding steroid dienone is 3. The van der Waals surface area contributed by atoms with E-state index >= 15 is 0 Å². The van der Waals surface area contributed by atoms with Crippen LogP contribution >= 0.6 is 0 Å². The van der Waals surface area contributed by atoms with Crippen molar-refractivity contribution in [1.29, 1.82) is 0 Å². The Bertz CT molecular complexity index is 104. The molecule has 8 heavy (non-hydrogen) atoms. The molecule has 0 radical (unpaired) electrons. The Balaban J connectivity index is 3.41. The summed E-state index contributed by atoms with van der Waals surface area (Å²) in [5.74, 6) is 0. The van der Waals surface area contributed by atoms with Crippen LogP contribution < -0.4 is 0 Å². The molecule has 0 aromatic carbocycles. The molecule has 0 saturated carbocycles. The van der Waals surface area contributed by atoms with Gasteiger partial charge in [-0.15, -0.1) is 0 Å². The summed E-state index contributed by atoms with van der Waals surface area (Å²) < 4.78 is 0. The van der Waals surface area contributed by atoms with Gasteiger partial charge >= 0.3 is 0 Å². The molecule has 0 amide bonds. The van der Waals surface area contributed by atoms with Gasteiger partial charge in [-0.1, -0.05) is 25.3 Å². The topological polar surface area (TPSA) is 12.4 Å². The van der Waals surface area contributed by atoms with Crippen molar-refractivity contribution in [3.8, 4) is 0 Å². The lowest BCUT2D eigenvalue weighted by atomic mass is 10.5. The lowest BCUT2D eigenvalue weighted by molar-refractivity contribution is 1.63. The van der Waals surface area contributed by atoms with E-state index in [1.807, 2.05) is 0 Å². The Hall–Kier alpha value is -1.11. The van der Waals surface area contributed by atoms with Gasteiger partial charge in [0.05, 0.1) is 0 Å². The molecular weight excluding hydrogens is 98.1 g/mol. The summed E-state index contributed by atoms with van der Waals surface area (Å²) in [7, 11) is 0. The molecule has 0 heterocycles. The molecule has 1 nitrogen and oxygen atoms in total. The van der Waals surface area contributed by atoms with Crippen molar-refractivity contribution in [3.05, 3.63) is 37.6 Å². The summed E-state index contributed by atoms with van der Waals surface area (Å²) in [6.45, 7) is 6.88. The zero-order valence-electron chi connectivity index (χ0n) is 4.75. The molecule has 0 unspecified atom stereocenters. The largest absolute Gasteiger partial charge is 0.265 e. The second kappa shape index (κ2) is 5.89. The molecule has 0 aliphatic carbocycles. The van der Waals surface area contributed by atoms with Crippen molar-refractivity contribution in [2.24, 2.45) is 4.99 Å². The molecule has 0 N–H and O–H groups in total. The normalized spacial score (nSPS) is 10.5. The highest BCUT2D eigenvalue weighted by atomic mass is 14.6. The molecule has 1 heteroatoms. The quantitative estimate of drug-likeness (QED) is 0.386. The van der Waals surface area contributed by atoms with Gasteiger partial charge in [-0.25, -0.2) is 0 Å². The van der Waals surface area contributed by atoms with Crippen molar-refractivity contribution >= 4 is 6.21 Å². The van der Waals surface area contributed by atoms with Crippen LogP contribution in [0.15, 0.2) is 42.6 Å². The first-order valence-corrected chi connectivity index (χ1v) is 2.33. The van der Waals surface area contributed by atoms with Crippen LogP contribution in [0.2, 0.25) is 0 Å². The van der Waals surface area contributed by atoms with E-state index in [2.05, 4.69) is 18.2 Å². The molecule has 0 rings (SSSR count). The second-order valence-electron chi connectivity index (χ2n) is 1.10. The number of hydrogen-bond donors (Lipinski definition) is 0. The van der Waals surface area contributed by atoms with Crippen molar-refractivity contribution < 1.29 is 0 Å². The van der Waals surface area contributed by atoms with Crippen LogP contribution in [0.25, 0.3) is 0 Å². The summed E-state index contributed by atoms with van der Waals surface area (Å²) in [5, 5.41) is 0. The van der Waals surface area contributed by atoms with Gasteiger partial charge in [-0.3, -0.25) is 4.99 Å². The molecule has 0 aromatic rings. The SMILES string of the molecule is C=CC=CC=NC=C. The van der Waals surface area contributed by atoms with Gasteiger partial charge < -0.3 is 0 Å². The molecule has 42 valence electrons. The van der Waals surface area contributed by atoms with Gasteiger partial charge in [-0.2, -0.15) is 0 Å². The van der Waals surface area contributed by atoms with E-state index in [0.717, 1.165) is 0 Å². The molecule has 0 aromatic heterocycles. The third-order valence-corrected chi connectivity index (χ3v) is 0.525. The van der Waals surface area contributed by atoms with Crippen LogP contribution in [-0.2, 0) is 0 Å². The fraction of sp³-hybridized carbons (Fsp3) is 0. The van der Waals surface area contributed by atoms with E-state index in [9.17, 15) is 0 Å². The summed E-state index contributed by atoms with van der Waals surface area (Å²) in [5.41, 5.74) is 0. The number of aliphatic imine (C=N–C) groups is 1. The Morgan fingerprint density at radius 1 is 1.12 bits per heavy atom. The van der Waals surface area contributed by atoms with Gasteiger partial charge in [0.25, 0.3) is 0 Å². The van der Waals surface area contributed by atoms with Crippen LogP contribution in [0, 0.1) is 0 Å². The standard InChI is InChI=1S/C7H9N/c1-3-5-6-7-8-4-2/h3-7H,1-2H2. The molecule has 0 spiro atoms. The average Bonchev–Trinajstić information content (AvgIpc) is 1.81. The summed E-state index contributed by atoms with van der Waals surface area (Å²) >= 11 is 0. The molecule has 0 fully saturated rings. The van der Waals surface area contributed by atoms with E-state index in [4.69, 9.17) is 0 Å². The zero-order chi connectivity index (χ0) is 6.24. The lowest BCUT2D eigenvalue weighted by Gasteiger charge is -1.67. The summed E-state index contributed by atoms with van der Waals surface area (Å²) in [4.78, 5) is 3.71. The third kappa shape index (κ3) is 4.89. The second-order valence-corrected chi connectivity index (χ2v) is 1.10. The number of hydrogen-bond acceptors (Lipinski definition) is 1. The van der Waals surface area contributed by atoms with Crippen LogP contribution in [0.3, 0.4) is 0 Å². The van der Waals surface area contributed by atoms with E-state index in [1.165, 1.54) is 6.20 Å². The maximum Gasteiger partial charge on any atom is 0.0267 e. The van der Waals surface area contributed by atoms with Crippen LogP contribution in [-0.4, -0.2) is 6.21 Å². The first-order chi connectivity index (χ1) is 3.91. The van der Waals surface area contributed by atoms with Gasteiger partial charge in [0.15, 0.2) is 0 Å². The van der Waals surface area contributed by atoms with Gasteiger partial charge in [0.1, 0.15) is 0 Å².